The number of anilines is 1. The predicted molar refractivity (Wildman–Crippen MR) is 120 cm³/mol. The van der Waals surface area contributed by atoms with E-state index in [0.717, 1.165) is 54.3 Å². The number of hydrogen-bond acceptors (Lipinski definition) is 5. The smallest absolute Gasteiger partial charge is 0.180 e. The standard InChI is InChI=1S/C23H26ClN5O/c1-3-18-20(25)23(14-30-18)7-10-28(11-8-23)22-21-26-9-12-29(21)19(15(2)27-22)16-5-4-6-17(24)13-16/h3-6,9,12-13,18,20H,1,7-8,10-11,14,25H2,2H3/t18-,20+/m0/s1. The number of hydrogen-bond donors (Lipinski definition) is 1. The zero-order valence-electron chi connectivity index (χ0n) is 17.1. The summed E-state index contributed by atoms with van der Waals surface area (Å²) in [6, 6.07) is 7.86. The van der Waals surface area contributed by atoms with Crippen LogP contribution >= 0.6 is 11.6 Å². The van der Waals surface area contributed by atoms with Crippen molar-refractivity contribution in [2.75, 3.05) is 24.6 Å². The summed E-state index contributed by atoms with van der Waals surface area (Å²) in [4.78, 5) is 12.0. The first-order valence-electron chi connectivity index (χ1n) is 10.4. The van der Waals surface area contributed by atoms with Gasteiger partial charge in [-0.1, -0.05) is 29.8 Å². The molecule has 2 aliphatic heterocycles. The van der Waals surface area contributed by atoms with E-state index in [4.69, 9.17) is 27.1 Å². The Morgan fingerprint density at radius 3 is 2.83 bits per heavy atom. The summed E-state index contributed by atoms with van der Waals surface area (Å²) in [7, 11) is 0. The summed E-state index contributed by atoms with van der Waals surface area (Å²) < 4.78 is 8.01. The van der Waals surface area contributed by atoms with Gasteiger partial charge in [0.2, 0.25) is 0 Å². The van der Waals surface area contributed by atoms with Crippen molar-refractivity contribution in [1.82, 2.24) is 14.4 Å². The van der Waals surface area contributed by atoms with E-state index < -0.39 is 0 Å². The Morgan fingerprint density at radius 1 is 1.33 bits per heavy atom. The number of fused-ring (bicyclic) bond motifs is 1. The highest BCUT2D eigenvalue weighted by Gasteiger charge is 2.48. The molecule has 7 heteroatoms. The third kappa shape index (κ3) is 3.02. The topological polar surface area (TPSA) is 68.7 Å². The first-order valence-corrected chi connectivity index (χ1v) is 10.7. The van der Waals surface area contributed by atoms with Gasteiger partial charge < -0.3 is 15.4 Å². The van der Waals surface area contributed by atoms with Crippen molar-refractivity contribution in [3.05, 3.63) is 60.0 Å². The Labute approximate surface area is 181 Å². The van der Waals surface area contributed by atoms with Crippen LogP contribution in [0.3, 0.4) is 0 Å². The molecule has 0 saturated carbocycles. The van der Waals surface area contributed by atoms with Crippen molar-refractivity contribution in [2.24, 2.45) is 11.1 Å². The van der Waals surface area contributed by atoms with E-state index in [1.165, 1.54) is 0 Å². The van der Waals surface area contributed by atoms with Crippen molar-refractivity contribution < 1.29 is 4.74 Å². The van der Waals surface area contributed by atoms with Gasteiger partial charge in [-0.3, -0.25) is 4.40 Å². The lowest BCUT2D eigenvalue weighted by molar-refractivity contribution is 0.110. The molecule has 3 aromatic rings. The third-order valence-corrected chi connectivity index (χ3v) is 6.95. The number of piperidine rings is 1. The quantitative estimate of drug-likeness (QED) is 0.648. The molecule has 2 aromatic heterocycles. The molecular formula is C23H26ClN5O. The van der Waals surface area contributed by atoms with Crippen LogP contribution in [0.15, 0.2) is 49.3 Å². The van der Waals surface area contributed by atoms with Crippen LogP contribution < -0.4 is 10.6 Å². The maximum absolute atomic E-state index is 6.52. The van der Waals surface area contributed by atoms with Crippen molar-refractivity contribution in [3.8, 4) is 11.3 Å². The fraction of sp³-hybridized carbons (Fsp3) is 0.391. The van der Waals surface area contributed by atoms with Gasteiger partial charge in [0.25, 0.3) is 0 Å². The molecule has 2 fully saturated rings. The molecule has 0 radical (unpaired) electrons. The molecule has 6 nitrogen and oxygen atoms in total. The lowest BCUT2D eigenvalue weighted by Gasteiger charge is -2.41. The van der Waals surface area contributed by atoms with Gasteiger partial charge in [-0.05, 0) is 31.9 Å². The van der Waals surface area contributed by atoms with Gasteiger partial charge in [-0.2, -0.15) is 0 Å². The number of aryl methyl sites for hydroxylation is 1. The second kappa shape index (κ2) is 7.38. The maximum Gasteiger partial charge on any atom is 0.180 e. The molecule has 2 N–H and O–H groups in total. The van der Waals surface area contributed by atoms with Gasteiger partial charge in [0.15, 0.2) is 11.5 Å². The molecule has 30 heavy (non-hydrogen) atoms. The SMILES string of the molecule is C=C[C@@H]1OCC2(CCN(c3nc(C)c(-c4cccc(Cl)c4)n4ccnc34)CC2)[C@@H]1N. The van der Waals surface area contributed by atoms with Crippen molar-refractivity contribution in [1.29, 1.82) is 0 Å². The van der Waals surface area contributed by atoms with Crippen LogP contribution in [-0.2, 0) is 4.74 Å². The minimum Gasteiger partial charge on any atom is -0.372 e. The molecule has 2 saturated heterocycles. The minimum absolute atomic E-state index is 0.00324. The summed E-state index contributed by atoms with van der Waals surface area (Å²) in [5.41, 5.74) is 10.4. The monoisotopic (exact) mass is 423 g/mol. The fourth-order valence-electron chi connectivity index (χ4n) is 4.95. The van der Waals surface area contributed by atoms with Crippen LogP contribution in [0.1, 0.15) is 18.5 Å². The Morgan fingerprint density at radius 2 is 2.13 bits per heavy atom. The summed E-state index contributed by atoms with van der Waals surface area (Å²) in [6.07, 6.45) is 7.55. The van der Waals surface area contributed by atoms with E-state index in [9.17, 15) is 0 Å². The second-order valence-electron chi connectivity index (χ2n) is 8.39. The Balaban J connectivity index is 1.48. The summed E-state index contributed by atoms with van der Waals surface area (Å²) >= 11 is 6.24. The van der Waals surface area contributed by atoms with Crippen molar-refractivity contribution in [2.45, 2.75) is 31.9 Å². The van der Waals surface area contributed by atoms with Crippen LogP contribution in [0.5, 0.6) is 0 Å². The van der Waals surface area contributed by atoms with E-state index in [1.807, 2.05) is 43.6 Å². The molecule has 5 rings (SSSR count). The highest BCUT2D eigenvalue weighted by molar-refractivity contribution is 6.30. The average Bonchev–Trinajstić information content (AvgIpc) is 3.34. The first-order chi connectivity index (χ1) is 14.5. The van der Waals surface area contributed by atoms with E-state index >= 15 is 0 Å². The molecule has 0 aliphatic carbocycles. The molecule has 0 bridgehead atoms. The largest absolute Gasteiger partial charge is 0.372 e. The number of nitrogens with two attached hydrogens (primary N) is 1. The zero-order valence-corrected chi connectivity index (χ0v) is 17.8. The lowest BCUT2D eigenvalue weighted by Crippen LogP contribution is -2.51. The molecule has 2 atom stereocenters. The molecule has 2 aliphatic rings. The Bertz CT molecular complexity index is 1100. The van der Waals surface area contributed by atoms with Gasteiger partial charge >= 0.3 is 0 Å². The number of aromatic nitrogens is 3. The van der Waals surface area contributed by atoms with Crippen LogP contribution in [-0.4, -0.2) is 46.2 Å². The number of nitrogens with zero attached hydrogens (tertiary/aromatic N) is 4. The first kappa shape index (κ1) is 19.5. The van der Waals surface area contributed by atoms with Crippen molar-refractivity contribution in [3.63, 3.8) is 0 Å². The number of imidazole rings is 1. The number of rotatable bonds is 3. The molecule has 0 amide bonds. The lowest BCUT2D eigenvalue weighted by atomic mass is 9.73. The molecular weight excluding hydrogens is 398 g/mol. The van der Waals surface area contributed by atoms with E-state index in [2.05, 4.69) is 26.9 Å². The number of ether oxygens (including phenoxy) is 1. The molecule has 0 unspecified atom stereocenters. The van der Waals surface area contributed by atoms with E-state index in [1.54, 1.807) is 0 Å². The van der Waals surface area contributed by atoms with Crippen LogP contribution in [0.25, 0.3) is 16.9 Å². The Kier molecular flexibility index (Phi) is 4.81. The molecule has 1 spiro atoms. The normalized spacial score (nSPS) is 23.4. The number of halogens is 1. The number of benzene rings is 1. The van der Waals surface area contributed by atoms with Gasteiger partial charge in [0, 0.05) is 47.5 Å². The summed E-state index contributed by atoms with van der Waals surface area (Å²) in [6.45, 7) is 8.38. The van der Waals surface area contributed by atoms with E-state index in [-0.39, 0.29) is 17.6 Å². The molecule has 1 aromatic carbocycles. The third-order valence-electron chi connectivity index (χ3n) is 6.71. The highest BCUT2D eigenvalue weighted by atomic mass is 35.5. The molecule has 156 valence electrons. The predicted octanol–water partition coefficient (Wildman–Crippen LogP) is 3.86. The van der Waals surface area contributed by atoms with Gasteiger partial charge in [0.05, 0.1) is 24.1 Å². The Hall–Kier alpha value is -2.41. The summed E-state index contributed by atoms with van der Waals surface area (Å²) in [5.74, 6) is 0.922. The van der Waals surface area contributed by atoms with Crippen LogP contribution in [0.2, 0.25) is 5.02 Å². The zero-order chi connectivity index (χ0) is 20.9. The van der Waals surface area contributed by atoms with Gasteiger partial charge in [-0.25, -0.2) is 9.97 Å². The summed E-state index contributed by atoms with van der Waals surface area (Å²) in [5, 5.41) is 0.707. The maximum atomic E-state index is 6.52. The van der Waals surface area contributed by atoms with Gasteiger partial charge in [0.1, 0.15) is 0 Å². The second-order valence-corrected chi connectivity index (χ2v) is 8.82. The molecule has 4 heterocycles. The minimum atomic E-state index is -0.0482. The van der Waals surface area contributed by atoms with Crippen LogP contribution in [0.4, 0.5) is 5.82 Å². The van der Waals surface area contributed by atoms with E-state index in [0.29, 0.717) is 11.6 Å². The van der Waals surface area contributed by atoms with Gasteiger partial charge in [-0.15, -0.1) is 6.58 Å². The highest BCUT2D eigenvalue weighted by Crippen LogP contribution is 2.42. The van der Waals surface area contributed by atoms with Crippen LogP contribution in [0, 0.1) is 12.3 Å². The average molecular weight is 424 g/mol. The van der Waals surface area contributed by atoms with Crippen molar-refractivity contribution >= 4 is 23.1 Å². The fourth-order valence-corrected chi connectivity index (χ4v) is 5.14.